The molecule has 0 radical (unpaired) electrons. The zero-order valence-electron chi connectivity index (χ0n) is 23.7. The topological polar surface area (TPSA) is 91.0 Å². The summed E-state index contributed by atoms with van der Waals surface area (Å²) >= 11 is 0. The highest BCUT2D eigenvalue weighted by atomic mass is 19.1. The third-order valence-electron chi connectivity index (χ3n) is 6.91. The molecule has 2 aromatic carbocycles. The summed E-state index contributed by atoms with van der Waals surface area (Å²) in [6.07, 6.45) is 0.828. The highest BCUT2D eigenvalue weighted by Crippen LogP contribution is 2.38. The summed E-state index contributed by atoms with van der Waals surface area (Å²) in [5.41, 5.74) is 0.456. The van der Waals surface area contributed by atoms with Crippen molar-refractivity contribution in [2.45, 2.75) is 77.6 Å². The first-order chi connectivity index (χ1) is 18.8. The summed E-state index contributed by atoms with van der Waals surface area (Å²) < 4.78 is 34.4. The normalized spacial score (nSPS) is 18.2. The summed E-state index contributed by atoms with van der Waals surface area (Å²) in [7, 11) is 0. The van der Waals surface area contributed by atoms with Gasteiger partial charge in [-0.05, 0) is 77.6 Å². The molecule has 0 unspecified atom stereocenters. The molecule has 1 aliphatic heterocycles. The molecule has 2 aliphatic rings. The largest absolute Gasteiger partial charge is 0.444 e. The number of carbonyl (C=O) groups excluding carboxylic acids is 3. The smallest absolute Gasteiger partial charge is 0.408 e. The monoisotopic (exact) mass is 556 g/mol. The number of carbonyl (C=O) groups is 3. The molecule has 3 amide bonds. The minimum atomic E-state index is -1.40. The van der Waals surface area contributed by atoms with E-state index >= 15 is 0 Å². The third kappa shape index (κ3) is 7.08. The van der Waals surface area contributed by atoms with Crippen LogP contribution in [0.4, 0.5) is 25.0 Å². The lowest BCUT2D eigenvalue weighted by molar-refractivity contribution is -0.128. The molecule has 10 heteroatoms. The van der Waals surface area contributed by atoms with E-state index in [4.69, 9.17) is 4.74 Å². The summed E-state index contributed by atoms with van der Waals surface area (Å²) in [6.45, 7) is 9.74. The summed E-state index contributed by atoms with van der Waals surface area (Å²) in [4.78, 5) is 44.0. The Labute approximate surface area is 234 Å². The Morgan fingerprint density at radius 2 is 1.65 bits per heavy atom. The molecule has 2 N–H and O–H groups in total. The maximum atomic E-state index is 14.5. The van der Waals surface area contributed by atoms with Crippen molar-refractivity contribution in [3.05, 3.63) is 59.7 Å². The quantitative estimate of drug-likeness (QED) is 0.498. The first kappa shape index (κ1) is 29.3. The second-order valence-electron chi connectivity index (χ2n) is 11.8. The molecule has 0 aromatic heterocycles. The highest BCUT2D eigenvalue weighted by Gasteiger charge is 2.39. The van der Waals surface area contributed by atoms with Crippen LogP contribution in [0.3, 0.4) is 0 Å². The van der Waals surface area contributed by atoms with Crippen molar-refractivity contribution in [2.75, 3.05) is 22.9 Å². The number of amides is 3. The standard InChI is InChI=1S/C30H38F2N4O4/c1-18(2)36-26-12-7-6-11-25(26)35(16-19-13-14-19)17-24(28(36)38)33-27(37)23(34-29(39)40-30(3,4)5)15-20-21(31)9-8-10-22(20)32/h6-12,18-19,23-24H,13-17H2,1-5H3,(H,33,37)(H,34,39)/t23-,24-/m1/s1. The van der Waals surface area contributed by atoms with E-state index in [1.165, 1.54) is 6.07 Å². The second kappa shape index (κ2) is 11.8. The number of benzene rings is 2. The Bertz CT molecular complexity index is 1240. The number of para-hydroxylation sites is 2. The molecular formula is C30H38F2N4O4. The lowest BCUT2D eigenvalue weighted by atomic mass is 10.0. The van der Waals surface area contributed by atoms with Crippen LogP contribution in [0.5, 0.6) is 0 Å². The van der Waals surface area contributed by atoms with Gasteiger partial charge in [0.1, 0.15) is 29.3 Å². The molecule has 1 fully saturated rings. The number of hydrogen-bond acceptors (Lipinski definition) is 5. The average molecular weight is 557 g/mol. The zero-order chi connectivity index (χ0) is 29.2. The number of nitrogens with one attached hydrogen (secondary N) is 2. The van der Waals surface area contributed by atoms with Gasteiger partial charge in [-0.3, -0.25) is 9.59 Å². The molecule has 1 saturated carbocycles. The zero-order valence-corrected chi connectivity index (χ0v) is 23.7. The van der Waals surface area contributed by atoms with Crippen LogP contribution in [0.25, 0.3) is 0 Å². The van der Waals surface area contributed by atoms with Gasteiger partial charge in [-0.15, -0.1) is 0 Å². The van der Waals surface area contributed by atoms with Crippen LogP contribution in [0.1, 0.15) is 53.0 Å². The number of rotatable bonds is 8. The third-order valence-corrected chi connectivity index (χ3v) is 6.91. The van der Waals surface area contributed by atoms with E-state index in [9.17, 15) is 23.2 Å². The fourth-order valence-electron chi connectivity index (χ4n) is 4.91. The second-order valence-corrected chi connectivity index (χ2v) is 11.8. The molecule has 0 saturated heterocycles. The van der Waals surface area contributed by atoms with Gasteiger partial charge in [-0.2, -0.15) is 0 Å². The maximum absolute atomic E-state index is 14.5. The van der Waals surface area contributed by atoms with E-state index in [0.29, 0.717) is 5.92 Å². The van der Waals surface area contributed by atoms with Gasteiger partial charge in [0.15, 0.2) is 0 Å². The first-order valence-electron chi connectivity index (χ1n) is 13.7. The van der Waals surface area contributed by atoms with Crippen LogP contribution in [0.2, 0.25) is 0 Å². The van der Waals surface area contributed by atoms with Gasteiger partial charge in [0.25, 0.3) is 5.91 Å². The molecule has 1 heterocycles. The van der Waals surface area contributed by atoms with Gasteiger partial charge in [0, 0.05) is 31.1 Å². The van der Waals surface area contributed by atoms with Crippen molar-refractivity contribution in [3.63, 3.8) is 0 Å². The molecule has 216 valence electrons. The van der Waals surface area contributed by atoms with Crippen LogP contribution in [0, 0.1) is 17.6 Å². The van der Waals surface area contributed by atoms with E-state index in [-0.39, 0.29) is 24.1 Å². The minimum absolute atomic E-state index is 0.197. The predicted molar refractivity (Wildman–Crippen MR) is 149 cm³/mol. The predicted octanol–water partition coefficient (Wildman–Crippen LogP) is 4.56. The van der Waals surface area contributed by atoms with Crippen molar-refractivity contribution < 1.29 is 27.9 Å². The van der Waals surface area contributed by atoms with Crippen molar-refractivity contribution >= 4 is 29.3 Å². The number of ether oxygens (including phenoxy) is 1. The van der Waals surface area contributed by atoms with E-state index in [2.05, 4.69) is 15.5 Å². The average Bonchev–Trinajstić information content (AvgIpc) is 3.68. The lowest BCUT2D eigenvalue weighted by Crippen LogP contribution is -2.58. The number of nitrogens with zero attached hydrogens (tertiary/aromatic N) is 2. The Morgan fingerprint density at radius 3 is 2.23 bits per heavy atom. The maximum Gasteiger partial charge on any atom is 0.408 e. The molecule has 2 aromatic rings. The summed E-state index contributed by atoms with van der Waals surface area (Å²) in [6, 6.07) is 8.50. The molecule has 0 bridgehead atoms. The van der Waals surface area contributed by atoms with E-state index in [0.717, 1.165) is 42.9 Å². The SMILES string of the molecule is CC(C)N1C(=O)[C@H](NC(=O)[C@@H](Cc2c(F)cccc2F)NC(=O)OC(C)(C)C)CN(CC2CC2)c2ccccc21. The fourth-order valence-corrected chi connectivity index (χ4v) is 4.91. The molecule has 4 rings (SSSR count). The van der Waals surface area contributed by atoms with Gasteiger partial charge >= 0.3 is 6.09 Å². The molecule has 0 spiro atoms. The van der Waals surface area contributed by atoms with E-state index in [1.54, 1.807) is 25.7 Å². The van der Waals surface area contributed by atoms with Crippen molar-refractivity contribution in [3.8, 4) is 0 Å². The summed E-state index contributed by atoms with van der Waals surface area (Å²) in [5, 5.41) is 5.25. The van der Waals surface area contributed by atoms with Gasteiger partial charge < -0.3 is 25.2 Å². The number of fused-ring (bicyclic) bond motifs is 1. The van der Waals surface area contributed by atoms with Crippen LogP contribution < -0.4 is 20.4 Å². The Morgan fingerprint density at radius 1 is 1.02 bits per heavy atom. The molecule has 40 heavy (non-hydrogen) atoms. The minimum Gasteiger partial charge on any atom is -0.444 e. The molecular weight excluding hydrogens is 518 g/mol. The van der Waals surface area contributed by atoms with Crippen LogP contribution in [-0.2, 0) is 20.7 Å². The van der Waals surface area contributed by atoms with Crippen molar-refractivity contribution in [2.24, 2.45) is 5.92 Å². The summed E-state index contributed by atoms with van der Waals surface area (Å²) in [5.74, 6) is -2.22. The van der Waals surface area contributed by atoms with Gasteiger partial charge in [0.05, 0.1) is 11.4 Å². The van der Waals surface area contributed by atoms with Gasteiger partial charge in [0.2, 0.25) is 5.91 Å². The number of halogens is 2. The van der Waals surface area contributed by atoms with Gasteiger partial charge in [-0.1, -0.05) is 18.2 Å². The van der Waals surface area contributed by atoms with E-state index in [1.807, 2.05) is 38.1 Å². The first-order valence-corrected chi connectivity index (χ1v) is 13.7. The number of alkyl carbamates (subject to hydrolysis) is 1. The number of anilines is 2. The Balaban J connectivity index is 1.63. The van der Waals surface area contributed by atoms with Crippen LogP contribution >= 0.6 is 0 Å². The van der Waals surface area contributed by atoms with E-state index < -0.39 is 47.7 Å². The molecule has 1 aliphatic carbocycles. The van der Waals surface area contributed by atoms with Crippen LogP contribution in [-0.4, -0.2) is 54.7 Å². The van der Waals surface area contributed by atoms with Gasteiger partial charge in [-0.25, -0.2) is 13.6 Å². The lowest BCUT2D eigenvalue weighted by Gasteiger charge is -2.30. The molecule has 2 atom stereocenters. The Hall–Kier alpha value is -3.69. The van der Waals surface area contributed by atoms with Crippen molar-refractivity contribution in [1.82, 2.24) is 10.6 Å². The number of hydrogen-bond donors (Lipinski definition) is 2. The molecule has 8 nitrogen and oxygen atoms in total. The highest BCUT2D eigenvalue weighted by molar-refractivity contribution is 6.04. The fraction of sp³-hybridized carbons (Fsp3) is 0.500. The van der Waals surface area contributed by atoms with Crippen LogP contribution in [0.15, 0.2) is 42.5 Å². The van der Waals surface area contributed by atoms with Crippen molar-refractivity contribution in [1.29, 1.82) is 0 Å². The Kier molecular flexibility index (Phi) is 8.65.